The minimum absolute atomic E-state index is 0.265. The molecule has 0 saturated carbocycles. The second-order valence-corrected chi connectivity index (χ2v) is 4.79. The maximum absolute atomic E-state index is 12.3. The highest BCUT2D eigenvalue weighted by atomic mass is 16.2. The Labute approximate surface area is 121 Å². The van der Waals surface area contributed by atoms with E-state index in [2.05, 4.69) is 10.3 Å². The Morgan fingerprint density at radius 1 is 1.33 bits per heavy atom. The van der Waals surface area contributed by atoms with Crippen LogP contribution in [-0.4, -0.2) is 47.5 Å². The van der Waals surface area contributed by atoms with Crippen LogP contribution in [0.25, 0.3) is 10.9 Å². The van der Waals surface area contributed by atoms with Crippen molar-refractivity contribution in [2.24, 2.45) is 0 Å². The number of amides is 1. The minimum atomic E-state index is -0.575. The molecule has 1 aromatic carbocycles. The van der Waals surface area contributed by atoms with Crippen molar-refractivity contribution in [3.05, 3.63) is 45.1 Å². The van der Waals surface area contributed by atoms with Gasteiger partial charge < -0.3 is 15.2 Å². The van der Waals surface area contributed by atoms with E-state index in [1.807, 2.05) is 0 Å². The zero-order valence-corrected chi connectivity index (χ0v) is 12.0. The number of nitrogens with zero attached hydrogens (tertiary/aromatic N) is 2. The number of aromatic amines is 1. The maximum Gasteiger partial charge on any atom is 0.329 e. The smallest absolute Gasteiger partial charge is 0.329 e. The van der Waals surface area contributed by atoms with Crippen LogP contribution in [0, 0.1) is 0 Å². The van der Waals surface area contributed by atoms with Gasteiger partial charge in [-0.25, -0.2) is 4.79 Å². The van der Waals surface area contributed by atoms with Crippen LogP contribution in [0.2, 0.25) is 0 Å². The van der Waals surface area contributed by atoms with Gasteiger partial charge in [0, 0.05) is 20.1 Å². The largest absolute Gasteiger partial charge is 0.343 e. The average molecular weight is 290 g/mol. The summed E-state index contributed by atoms with van der Waals surface area (Å²) in [4.78, 5) is 40.4. The molecule has 7 heteroatoms. The third-order valence-corrected chi connectivity index (χ3v) is 3.31. The van der Waals surface area contributed by atoms with Crippen LogP contribution in [0.5, 0.6) is 0 Å². The predicted molar refractivity (Wildman–Crippen MR) is 80.4 cm³/mol. The Hall–Kier alpha value is -2.41. The lowest BCUT2D eigenvalue weighted by Crippen LogP contribution is -2.42. The summed E-state index contributed by atoms with van der Waals surface area (Å²) in [5.74, 6) is -0.284. The first-order valence-electron chi connectivity index (χ1n) is 6.65. The highest BCUT2D eigenvalue weighted by Crippen LogP contribution is 2.02. The number of hydrogen-bond acceptors (Lipinski definition) is 4. The number of hydrogen-bond donors (Lipinski definition) is 2. The first kappa shape index (κ1) is 15.0. The van der Waals surface area contributed by atoms with E-state index in [4.69, 9.17) is 0 Å². The predicted octanol–water partition coefficient (Wildman–Crippen LogP) is -0.632. The molecule has 2 N–H and O–H groups in total. The Bertz CT molecular complexity index is 763. The van der Waals surface area contributed by atoms with Crippen LogP contribution in [0.4, 0.5) is 0 Å². The Morgan fingerprint density at radius 3 is 2.76 bits per heavy atom. The molecule has 2 rings (SSSR count). The zero-order chi connectivity index (χ0) is 15.4. The van der Waals surface area contributed by atoms with E-state index in [0.29, 0.717) is 24.0 Å². The van der Waals surface area contributed by atoms with Crippen molar-refractivity contribution in [2.75, 3.05) is 27.2 Å². The topological polar surface area (TPSA) is 87.2 Å². The summed E-state index contributed by atoms with van der Waals surface area (Å²) < 4.78 is 0.931. The highest BCUT2D eigenvalue weighted by Gasteiger charge is 2.13. The second-order valence-electron chi connectivity index (χ2n) is 4.79. The number of rotatable bonds is 5. The minimum Gasteiger partial charge on any atom is -0.343 e. The van der Waals surface area contributed by atoms with Crippen molar-refractivity contribution in [2.45, 2.75) is 6.54 Å². The molecule has 0 aliphatic heterocycles. The second kappa shape index (κ2) is 6.36. The molecule has 0 atom stereocenters. The Morgan fingerprint density at radius 2 is 2.05 bits per heavy atom. The molecule has 0 saturated heterocycles. The van der Waals surface area contributed by atoms with E-state index in [9.17, 15) is 14.4 Å². The van der Waals surface area contributed by atoms with Crippen molar-refractivity contribution < 1.29 is 4.79 Å². The summed E-state index contributed by atoms with van der Waals surface area (Å²) in [5, 5.41) is 3.33. The normalized spacial score (nSPS) is 10.8. The van der Waals surface area contributed by atoms with Gasteiger partial charge in [0.1, 0.15) is 6.54 Å². The van der Waals surface area contributed by atoms with Gasteiger partial charge in [0.2, 0.25) is 5.91 Å². The van der Waals surface area contributed by atoms with E-state index < -0.39 is 11.2 Å². The molecular formula is C14H18N4O3. The summed E-state index contributed by atoms with van der Waals surface area (Å²) >= 11 is 0. The summed E-state index contributed by atoms with van der Waals surface area (Å²) in [6, 6.07) is 6.73. The van der Waals surface area contributed by atoms with Crippen LogP contribution in [0.3, 0.4) is 0 Å². The molecule has 1 heterocycles. The van der Waals surface area contributed by atoms with E-state index in [1.54, 1.807) is 38.4 Å². The molecule has 112 valence electrons. The van der Waals surface area contributed by atoms with Gasteiger partial charge in [-0.2, -0.15) is 0 Å². The first-order chi connectivity index (χ1) is 10.0. The van der Waals surface area contributed by atoms with Crippen LogP contribution < -0.4 is 16.6 Å². The van der Waals surface area contributed by atoms with Gasteiger partial charge in [-0.3, -0.25) is 14.2 Å². The number of para-hydroxylation sites is 1. The molecule has 21 heavy (non-hydrogen) atoms. The number of fused-ring (bicyclic) bond motifs is 1. The highest BCUT2D eigenvalue weighted by molar-refractivity contribution is 5.78. The molecule has 0 bridgehead atoms. The van der Waals surface area contributed by atoms with E-state index in [0.717, 1.165) is 4.57 Å². The molecule has 0 spiro atoms. The maximum atomic E-state index is 12.3. The summed E-state index contributed by atoms with van der Waals surface area (Å²) in [7, 11) is 3.43. The van der Waals surface area contributed by atoms with Gasteiger partial charge in [-0.15, -0.1) is 0 Å². The summed E-state index contributed by atoms with van der Waals surface area (Å²) in [6.45, 7) is 0.889. The molecule has 1 amide bonds. The van der Waals surface area contributed by atoms with Gasteiger partial charge in [0.25, 0.3) is 5.56 Å². The van der Waals surface area contributed by atoms with Crippen LogP contribution >= 0.6 is 0 Å². The van der Waals surface area contributed by atoms with Crippen LogP contribution in [0.1, 0.15) is 0 Å². The van der Waals surface area contributed by atoms with Gasteiger partial charge >= 0.3 is 5.69 Å². The quantitative estimate of drug-likeness (QED) is 0.767. The molecule has 1 aromatic heterocycles. The number of H-pyrrole nitrogens is 1. The molecular weight excluding hydrogens is 272 g/mol. The molecule has 7 nitrogen and oxygen atoms in total. The number of benzene rings is 1. The van der Waals surface area contributed by atoms with Crippen molar-refractivity contribution in [1.29, 1.82) is 0 Å². The van der Waals surface area contributed by atoms with Gasteiger partial charge in [-0.05, 0) is 19.2 Å². The number of carbonyl (C=O) groups excluding carboxylic acids is 1. The zero-order valence-electron chi connectivity index (χ0n) is 12.0. The Balaban J connectivity index is 2.33. The molecule has 0 aliphatic carbocycles. The van der Waals surface area contributed by atoms with Gasteiger partial charge in [-0.1, -0.05) is 12.1 Å². The number of likely N-dealkylation sites (N-methyl/N-ethyl adjacent to an activating group) is 2. The molecule has 2 aromatic rings. The number of carbonyl (C=O) groups is 1. The Kier molecular flexibility index (Phi) is 4.54. The molecule has 0 aliphatic rings. The summed E-state index contributed by atoms with van der Waals surface area (Å²) in [5.41, 5.74) is -0.557. The van der Waals surface area contributed by atoms with Crippen molar-refractivity contribution in [3.63, 3.8) is 0 Å². The van der Waals surface area contributed by atoms with Crippen molar-refractivity contribution in [1.82, 2.24) is 19.8 Å². The first-order valence-corrected chi connectivity index (χ1v) is 6.65. The lowest BCUT2D eigenvalue weighted by Gasteiger charge is -2.17. The van der Waals surface area contributed by atoms with E-state index in [1.165, 1.54) is 4.90 Å². The van der Waals surface area contributed by atoms with Crippen molar-refractivity contribution >= 4 is 16.8 Å². The summed E-state index contributed by atoms with van der Waals surface area (Å²) in [6.07, 6.45) is 0. The van der Waals surface area contributed by atoms with E-state index in [-0.39, 0.29) is 12.5 Å². The van der Waals surface area contributed by atoms with Crippen LogP contribution in [0.15, 0.2) is 33.9 Å². The third kappa shape index (κ3) is 3.19. The monoisotopic (exact) mass is 290 g/mol. The number of aromatic nitrogens is 2. The SMILES string of the molecule is CNCCN(C)C(=O)Cn1c(=O)[nH]c2ccccc2c1=O. The van der Waals surface area contributed by atoms with Gasteiger partial charge in [0.05, 0.1) is 10.9 Å². The fraction of sp³-hybridized carbons (Fsp3) is 0.357. The molecule has 0 radical (unpaired) electrons. The lowest BCUT2D eigenvalue weighted by atomic mass is 10.2. The molecule has 0 unspecified atom stereocenters. The van der Waals surface area contributed by atoms with E-state index >= 15 is 0 Å². The molecule has 0 fully saturated rings. The lowest BCUT2D eigenvalue weighted by molar-refractivity contribution is -0.130. The van der Waals surface area contributed by atoms with Crippen molar-refractivity contribution in [3.8, 4) is 0 Å². The fourth-order valence-electron chi connectivity index (χ4n) is 2.00. The standard InChI is InChI=1S/C14H18N4O3/c1-15-7-8-17(2)12(19)9-18-13(20)10-5-3-4-6-11(10)16-14(18)21/h3-6,15H,7-9H2,1-2H3,(H,16,21). The third-order valence-electron chi connectivity index (χ3n) is 3.31. The van der Waals surface area contributed by atoms with Gasteiger partial charge in [0.15, 0.2) is 0 Å². The fourth-order valence-corrected chi connectivity index (χ4v) is 2.00. The average Bonchev–Trinajstić information content (AvgIpc) is 2.48. The van der Waals surface area contributed by atoms with Crippen LogP contribution in [-0.2, 0) is 11.3 Å². The number of nitrogens with one attached hydrogen (secondary N) is 2.